The van der Waals surface area contributed by atoms with E-state index in [1.807, 2.05) is 42.5 Å². The van der Waals surface area contributed by atoms with Gasteiger partial charge in [0, 0.05) is 12.1 Å². The maximum absolute atomic E-state index is 6.47. The Morgan fingerprint density at radius 2 is 1.86 bits per heavy atom. The van der Waals surface area contributed by atoms with Crippen LogP contribution in [0.4, 0.5) is 0 Å². The summed E-state index contributed by atoms with van der Waals surface area (Å²) < 4.78 is 7.58. The second-order valence-electron chi connectivity index (χ2n) is 4.92. The topological polar surface area (TPSA) is 53.1 Å². The Balaban J connectivity index is 2.15. The van der Waals surface area contributed by atoms with Crippen molar-refractivity contribution in [2.45, 2.75) is 19.5 Å². The molecule has 0 aliphatic rings. The summed E-state index contributed by atoms with van der Waals surface area (Å²) in [6.45, 7) is 2.94. The van der Waals surface area contributed by atoms with Crippen molar-refractivity contribution in [1.29, 1.82) is 0 Å². The molecule has 2 N–H and O–H groups in total. The van der Waals surface area contributed by atoms with Gasteiger partial charge in [0.2, 0.25) is 0 Å². The van der Waals surface area contributed by atoms with E-state index in [0.29, 0.717) is 0 Å². The van der Waals surface area contributed by atoms with Crippen LogP contribution in [0.2, 0.25) is 0 Å². The summed E-state index contributed by atoms with van der Waals surface area (Å²) in [5.41, 5.74) is 9.50. The molecule has 0 aliphatic carbocycles. The maximum Gasteiger partial charge on any atom is 0.131 e. The molecule has 0 saturated carbocycles. The molecule has 0 fully saturated rings. The number of aromatic nitrogens is 2. The van der Waals surface area contributed by atoms with E-state index in [9.17, 15) is 0 Å². The van der Waals surface area contributed by atoms with E-state index >= 15 is 0 Å². The normalized spacial score (nSPS) is 12.5. The zero-order chi connectivity index (χ0) is 14.8. The number of imidazole rings is 1. The van der Waals surface area contributed by atoms with E-state index in [4.69, 9.17) is 15.5 Å². The van der Waals surface area contributed by atoms with Crippen LogP contribution in [-0.4, -0.2) is 16.7 Å². The summed E-state index contributed by atoms with van der Waals surface area (Å²) in [6, 6.07) is 15.6. The first kappa shape index (κ1) is 13.6. The molecule has 108 valence electrons. The molecule has 1 aromatic heterocycles. The average Bonchev–Trinajstić information content (AvgIpc) is 2.92. The molecule has 1 heterocycles. The molecule has 1 atom stereocenters. The minimum absolute atomic E-state index is 0.312. The molecule has 0 radical (unpaired) electrons. The first-order valence-corrected chi connectivity index (χ1v) is 7.10. The van der Waals surface area contributed by atoms with Crippen molar-refractivity contribution in [3.05, 3.63) is 59.9 Å². The van der Waals surface area contributed by atoms with Crippen LogP contribution in [0, 0.1) is 0 Å². The number of nitrogens with two attached hydrogens (primary N) is 1. The Labute approximate surface area is 124 Å². The monoisotopic (exact) mass is 281 g/mol. The molecule has 0 saturated heterocycles. The van der Waals surface area contributed by atoms with Crippen LogP contribution >= 0.6 is 0 Å². The van der Waals surface area contributed by atoms with Crippen molar-refractivity contribution in [3.63, 3.8) is 0 Å². The third-order valence-electron chi connectivity index (χ3n) is 3.75. The highest BCUT2D eigenvalue weighted by molar-refractivity contribution is 5.76. The molecule has 0 amide bonds. The predicted octanol–water partition coefficient (Wildman–Crippen LogP) is 3.11. The molecular weight excluding hydrogens is 262 g/mol. The average molecular weight is 281 g/mol. The third kappa shape index (κ3) is 2.28. The molecule has 0 bridgehead atoms. The van der Waals surface area contributed by atoms with Crippen molar-refractivity contribution in [3.8, 4) is 5.75 Å². The zero-order valence-electron chi connectivity index (χ0n) is 12.3. The van der Waals surface area contributed by atoms with Crippen LogP contribution in [0.1, 0.15) is 24.4 Å². The molecule has 2 aromatic carbocycles. The Bertz CT molecular complexity index is 764. The Kier molecular flexibility index (Phi) is 3.62. The predicted molar refractivity (Wildman–Crippen MR) is 84.4 cm³/mol. The van der Waals surface area contributed by atoms with Crippen molar-refractivity contribution in [2.24, 2.45) is 5.73 Å². The quantitative estimate of drug-likeness (QED) is 0.799. The maximum atomic E-state index is 6.47. The molecule has 4 heteroatoms. The summed E-state index contributed by atoms with van der Waals surface area (Å²) in [5.74, 6) is 1.66. The summed E-state index contributed by atoms with van der Waals surface area (Å²) in [5, 5.41) is 0. The summed E-state index contributed by atoms with van der Waals surface area (Å²) >= 11 is 0. The number of hydrogen-bond acceptors (Lipinski definition) is 3. The third-order valence-corrected chi connectivity index (χ3v) is 3.75. The highest BCUT2D eigenvalue weighted by Crippen LogP contribution is 2.29. The summed E-state index contributed by atoms with van der Waals surface area (Å²) in [6.07, 6.45) is 0. The van der Waals surface area contributed by atoms with Gasteiger partial charge in [-0.3, -0.25) is 0 Å². The lowest BCUT2D eigenvalue weighted by molar-refractivity contribution is 0.407. The van der Waals surface area contributed by atoms with Gasteiger partial charge in [0.15, 0.2) is 0 Å². The van der Waals surface area contributed by atoms with E-state index in [1.54, 1.807) is 7.11 Å². The van der Waals surface area contributed by atoms with Crippen molar-refractivity contribution >= 4 is 11.0 Å². The Hall–Kier alpha value is -2.33. The van der Waals surface area contributed by atoms with Crippen LogP contribution in [0.15, 0.2) is 48.5 Å². The van der Waals surface area contributed by atoms with E-state index in [0.717, 1.165) is 34.7 Å². The highest BCUT2D eigenvalue weighted by atomic mass is 16.5. The van der Waals surface area contributed by atoms with E-state index in [1.165, 1.54) is 0 Å². The fourth-order valence-corrected chi connectivity index (χ4v) is 2.73. The van der Waals surface area contributed by atoms with Gasteiger partial charge >= 0.3 is 0 Å². The first-order valence-electron chi connectivity index (χ1n) is 7.10. The van der Waals surface area contributed by atoms with E-state index in [-0.39, 0.29) is 6.04 Å². The van der Waals surface area contributed by atoms with Crippen LogP contribution < -0.4 is 10.5 Å². The number of benzene rings is 2. The van der Waals surface area contributed by atoms with Gasteiger partial charge in [-0.15, -0.1) is 0 Å². The molecule has 3 aromatic rings. The number of nitrogens with zero attached hydrogens (tertiary/aromatic N) is 2. The Morgan fingerprint density at radius 1 is 1.14 bits per heavy atom. The molecule has 21 heavy (non-hydrogen) atoms. The number of aryl methyl sites for hydroxylation is 1. The minimum atomic E-state index is -0.312. The second-order valence-corrected chi connectivity index (χ2v) is 4.92. The highest BCUT2D eigenvalue weighted by Gasteiger charge is 2.20. The molecule has 0 aliphatic heterocycles. The summed E-state index contributed by atoms with van der Waals surface area (Å²) in [4.78, 5) is 4.72. The van der Waals surface area contributed by atoms with E-state index in [2.05, 4.69) is 17.6 Å². The molecule has 0 spiro atoms. The smallest absolute Gasteiger partial charge is 0.131 e. The van der Waals surface area contributed by atoms with E-state index < -0.39 is 0 Å². The van der Waals surface area contributed by atoms with Gasteiger partial charge in [-0.2, -0.15) is 0 Å². The zero-order valence-corrected chi connectivity index (χ0v) is 12.3. The number of para-hydroxylation sites is 3. The molecule has 4 nitrogen and oxygen atoms in total. The lowest BCUT2D eigenvalue weighted by atomic mass is 10.1. The van der Waals surface area contributed by atoms with Gasteiger partial charge in [-0.25, -0.2) is 4.98 Å². The van der Waals surface area contributed by atoms with Crippen LogP contribution in [-0.2, 0) is 6.54 Å². The van der Waals surface area contributed by atoms with Crippen LogP contribution in [0.3, 0.4) is 0 Å². The lowest BCUT2D eigenvalue weighted by Gasteiger charge is -2.16. The van der Waals surface area contributed by atoms with Gasteiger partial charge in [0.1, 0.15) is 11.6 Å². The number of hydrogen-bond donors (Lipinski definition) is 1. The van der Waals surface area contributed by atoms with Crippen molar-refractivity contribution in [2.75, 3.05) is 7.11 Å². The minimum Gasteiger partial charge on any atom is -0.496 e. The van der Waals surface area contributed by atoms with Gasteiger partial charge in [-0.05, 0) is 25.1 Å². The molecular formula is C17H19N3O. The van der Waals surface area contributed by atoms with Crippen LogP contribution in [0.25, 0.3) is 11.0 Å². The first-order chi connectivity index (χ1) is 10.3. The van der Waals surface area contributed by atoms with Crippen LogP contribution in [0.5, 0.6) is 5.75 Å². The van der Waals surface area contributed by atoms with Gasteiger partial charge in [0.25, 0.3) is 0 Å². The molecule has 1 unspecified atom stereocenters. The summed E-state index contributed by atoms with van der Waals surface area (Å²) in [7, 11) is 1.66. The fraction of sp³-hybridized carbons (Fsp3) is 0.235. The van der Waals surface area contributed by atoms with Crippen molar-refractivity contribution in [1.82, 2.24) is 9.55 Å². The number of methoxy groups -OCH3 is 1. The Morgan fingerprint density at radius 3 is 2.62 bits per heavy atom. The number of fused-ring (bicyclic) bond motifs is 1. The second kappa shape index (κ2) is 5.58. The lowest BCUT2D eigenvalue weighted by Crippen LogP contribution is -2.18. The number of rotatable bonds is 4. The van der Waals surface area contributed by atoms with Gasteiger partial charge in [0.05, 0.1) is 24.2 Å². The standard InChI is InChI=1S/C17H19N3O/c1-3-20-14-10-6-5-9-13(14)19-17(20)16(18)12-8-4-7-11-15(12)21-2/h4-11,16H,3,18H2,1-2H3. The number of ether oxygens (including phenoxy) is 1. The van der Waals surface area contributed by atoms with Crippen molar-refractivity contribution < 1.29 is 4.74 Å². The SMILES string of the molecule is CCn1c(C(N)c2ccccc2OC)nc2ccccc21. The van der Waals surface area contributed by atoms with Gasteiger partial charge < -0.3 is 15.0 Å². The largest absolute Gasteiger partial charge is 0.496 e. The molecule has 3 rings (SSSR count). The van der Waals surface area contributed by atoms with Gasteiger partial charge in [-0.1, -0.05) is 30.3 Å². The fourth-order valence-electron chi connectivity index (χ4n) is 2.73.